The van der Waals surface area contributed by atoms with Gasteiger partial charge in [-0.15, -0.1) is 11.3 Å². The third-order valence-corrected chi connectivity index (χ3v) is 3.50. The van der Waals surface area contributed by atoms with Crippen LogP contribution in [-0.2, 0) is 0 Å². The second kappa shape index (κ2) is 4.62. The first kappa shape index (κ1) is 11.0. The predicted octanol–water partition coefficient (Wildman–Crippen LogP) is 3.48. The van der Waals surface area contributed by atoms with Crippen LogP contribution < -0.4 is 10.6 Å². The van der Waals surface area contributed by atoms with Gasteiger partial charge in [-0.1, -0.05) is 0 Å². The van der Waals surface area contributed by atoms with E-state index < -0.39 is 0 Å². The van der Waals surface area contributed by atoms with Crippen LogP contribution in [0.2, 0.25) is 0 Å². The monoisotopic (exact) mass is 256 g/mol. The second-order valence-corrected chi connectivity index (χ2v) is 4.76. The molecule has 0 aliphatic rings. The normalized spacial score (nSPS) is 10.5. The Morgan fingerprint density at radius 2 is 2.11 bits per heavy atom. The van der Waals surface area contributed by atoms with Gasteiger partial charge in [-0.3, -0.25) is 0 Å². The molecule has 0 atom stereocenters. The first-order chi connectivity index (χ1) is 8.85. The third-order valence-electron chi connectivity index (χ3n) is 2.60. The van der Waals surface area contributed by atoms with Crippen LogP contribution in [0, 0.1) is 0 Å². The molecule has 0 aliphatic heterocycles. The molecule has 0 spiro atoms. The zero-order valence-corrected chi connectivity index (χ0v) is 10.7. The lowest BCUT2D eigenvalue weighted by Crippen LogP contribution is -1.99. The van der Waals surface area contributed by atoms with Crippen molar-refractivity contribution >= 4 is 38.9 Å². The molecule has 2 N–H and O–H groups in total. The number of hydrogen-bond acceptors (Lipinski definition) is 5. The smallest absolute Gasteiger partial charge is 0.224 e. The molecular weight excluding hydrogens is 244 g/mol. The molecule has 0 amide bonds. The number of hydrogen-bond donors (Lipinski definition) is 2. The summed E-state index contributed by atoms with van der Waals surface area (Å²) in [5.74, 6) is 1.39. The van der Waals surface area contributed by atoms with Gasteiger partial charge in [0.2, 0.25) is 5.95 Å². The minimum atomic E-state index is 0.608. The van der Waals surface area contributed by atoms with Gasteiger partial charge in [-0.05, 0) is 41.1 Å². The average molecular weight is 256 g/mol. The Kier molecular flexibility index (Phi) is 2.82. The SMILES string of the molecule is CNc1nccc(Nc2ccc3sccc3c2)n1. The average Bonchev–Trinajstić information content (AvgIpc) is 2.86. The van der Waals surface area contributed by atoms with Crippen LogP contribution in [0.3, 0.4) is 0 Å². The number of benzene rings is 1. The van der Waals surface area contributed by atoms with Crippen molar-refractivity contribution in [2.45, 2.75) is 0 Å². The highest BCUT2D eigenvalue weighted by Crippen LogP contribution is 2.25. The third kappa shape index (κ3) is 2.12. The van der Waals surface area contributed by atoms with Crippen molar-refractivity contribution in [3.8, 4) is 0 Å². The summed E-state index contributed by atoms with van der Waals surface area (Å²) in [6.07, 6.45) is 1.73. The van der Waals surface area contributed by atoms with Gasteiger partial charge in [-0.25, -0.2) is 4.98 Å². The van der Waals surface area contributed by atoms with E-state index in [-0.39, 0.29) is 0 Å². The number of thiophene rings is 1. The summed E-state index contributed by atoms with van der Waals surface area (Å²) >= 11 is 1.74. The van der Waals surface area contributed by atoms with Crippen molar-refractivity contribution in [1.29, 1.82) is 0 Å². The molecule has 2 heterocycles. The zero-order chi connectivity index (χ0) is 12.4. The van der Waals surface area contributed by atoms with Crippen molar-refractivity contribution < 1.29 is 0 Å². The molecule has 3 rings (SSSR count). The molecule has 0 unspecified atom stereocenters. The topological polar surface area (TPSA) is 49.8 Å². The van der Waals surface area contributed by atoms with Crippen LogP contribution in [-0.4, -0.2) is 17.0 Å². The largest absolute Gasteiger partial charge is 0.357 e. The Labute approximate surface area is 109 Å². The highest BCUT2D eigenvalue weighted by Gasteiger charge is 2.00. The van der Waals surface area contributed by atoms with Crippen LogP contribution in [0.25, 0.3) is 10.1 Å². The van der Waals surface area contributed by atoms with Crippen LogP contribution >= 0.6 is 11.3 Å². The standard InChI is InChI=1S/C13H12N4S/c1-14-13-15-6-4-12(17-13)16-10-2-3-11-9(8-10)5-7-18-11/h2-8H,1H3,(H2,14,15,16,17). The van der Waals surface area contributed by atoms with E-state index >= 15 is 0 Å². The summed E-state index contributed by atoms with van der Waals surface area (Å²) in [4.78, 5) is 8.40. The fraction of sp³-hybridized carbons (Fsp3) is 0.0769. The Hall–Kier alpha value is -2.14. The van der Waals surface area contributed by atoms with E-state index in [1.54, 1.807) is 24.6 Å². The summed E-state index contributed by atoms with van der Waals surface area (Å²) in [7, 11) is 1.80. The van der Waals surface area contributed by atoms with Gasteiger partial charge in [0.05, 0.1) is 0 Å². The van der Waals surface area contributed by atoms with Gasteiger partial charge in [0.1, 0.15) is 5.82 Å². The Morgan fingerprint density at radius 3 is 3.00 bits per heavy atom. The highest BCUT2D eigenvalue weighted by molar-refractivity contribution is 7.17. The van der Waals surface area contributed by atoms with Crippen LogP contribution in [0.15, 0.2) is 41.9 Å². The molecule has 0 fully saturated rings. The van der Waals surface area contributed by atoms with Crippen LogP contribution in [0.1, 0.15) is 0 Å². The van der Waals surface area contributed by atoms with Gasteiger partial charge in [0, 0.05) is 23.6 Å². The molecule has 0 radical (unpaired) electrons. The van der Waals surface area contributed by atoms with E-state index in [9.17, 15) is 0 Å². The zero-order valence-electron chi connectivity index (χ0n) is 9.84. The fourth-order valence-electron chi connectivity index (χ4n) is 1.74. The molecular formula is C13H12N4S. The van der Waals surface area contributed by atoms with Crippen molar-refractivity contribution in [2.75, 3.05) is 17.7 Å². The minimum absolute atomic E-state index is 0.608. The van der Waals surface area contributed by atoms with Gasteiger partial charge in [0.25, 0.3) is 0 Å². The lowest BCUT2D eigenvalue weighted by Gasteiger charge is -2.06. The van der Waals surface area contributed by atoms with E-state index in [1.807, 2.05) is 6.07 Å². The van der Waals surface area contributed by atoms with Crippen molar-refractivity contribution in [3.63, 3.8) is 0 Å². The van der Waals surface area contributed by atoms with Crippen LogP contribution in [0.4, 0.5) is 17.5 Å². The van der Waals surface area contributed by atoms with E-state index in [2.05, 4.69) is 50.2 Å². The molecule has 18 heavy (non-hydrogen) atoms. The lowest BCUT2D eigenvalue weighted by atomic mass is 10.2. The molecule has 4 nitrogen and oxygen atoms in total. The summed E-state index contributed by atoms with van der Waals surface area (Å²) in [6.45, 7) is 0. The fourth-order valence-corrected chi connectivity index (χ4v) is 2.51. The summed E-state index contributed by atoms with van der Waals surface area (Å²) in [5, 5.41) is 9.53. The molecule has 0 aliphatic carbocycles. The molecule has 2 aromatic heterocycles. The van der Waals surface area contributed by atoms with Gasteiger partial charge in [-0.2, -0.15) is 4.98 Å². The van der Waals surface area contributed by atoms with E-state index in [0.717, 1.165) is 11.5 Å². The number of nitrogens with one attached hydrogen (secondary N) is 2. The Bertz CT molecular complexity index is 677. The number of fused-ring (bicyclic) bond motifs is 1. The maximum absolute atomic E-state index is 4.32. The van der Waals surface area contributed by atoms with Crippen molar-refractivity contribution in [1.82, 2.24) is 9.97 Å². The number of aromatic nitrogens is 2. The second-order valence-electron chi connectivity index (χ2n) is 3.81. The quantitative estimate of drug-likeness (QED) is 0.753. The van der Waals surface area contributed by atoms with E-state index in [4.69, 9.17) is 0 Å². The molecule has 1 aromatic carbocycles. The number of rotatable bonds is 3. The van der Waals surface area contributed by atoms with Crippen molar-refractivity contribution in [2.24, 2.45) is 0 Å². The molecule has 5 heteroatoms. The van der Waals surface area contributed by atoms with E-state index in [1.165, 1.54) is 10.1 Å². The van der Waals surface area contributed by atoms with Crippen molar-refractivity contribution in [3.05, 3.63) is 41.9 Å². The first-order valence-corrected chi connectivity index (χ1v) is 6.48. The molecule has 3 aromatic rings. The number of nitrogens with zero attached hydrogens (tertiary/aromatic N) is 2. The van der Waals surface area contributed by atoms with E-state index in [0.29, 0.717) is 5.95 Å². The Balaban J connectivity index is 1.90. The van der Waals surface area contributed by atoms with Gasteiger partial charge >= 0.3 is 0 Å². The molecule has 0 saturated carbocycles. The first-order valence-electron chi connectivity index (χ1n) is 5.60. The lowest BCUT2D eigenvalue weighted by molar-refractivity contribution is 1.15. The molecule has 0 saturated heterocycles. The summed E-state index contributed by atoms with van der Waals surface area (Å²) in [6, 6.07) is 10.2. The maximum atomic E-state index is 4.32. The van der Waals surface area contributed by atoms with Gasteiger partial charge in [0.15, 0.2) is 0 Å². The predicted molar refractivity (Wildman–Crippen MR) is 76.7 cm³/mol. The summed E-state index contributed by atoms with van der Waals surface area (Å²) in [5.41, 5.74) is 1.03. The molecule has 90 valence electrons. The highest BCUT2D eigenvalue weighted by atomic mass is 32.1. The van der Waals surface area contributed by atoms with Gasteiger partial charge < -0.3 is 10.6 Å². The minimum Gasteiger partial charge on any atom is -0.357 e. The molecule has 0 bridgehead atoms. The summed E-state index contributed by atoms with van der Waals surface area (Å²) < 4.78 is 1.29. The Morgan fingerprint density at radius 1 is 1.17 bits per heavy atom. The van der Waals surface area contributed by atoms with Crippen LogP contribution in [0.5, 0.6) is 0 Å². The maximum Gasteiger partial charge on any atom is 0.224 e. The number of anilines is 3.